The molecule has 1 aliphatic rings. The molecule has 27 heavy (non-hydrogen) atoms. The van der Waals surface area contributed by atoms with Crippen molar-refractivity contribution in [2.24, 2.45) is 5.92 Å². The Morgan fingerprint density at radius 1 is 0.667 bits per heavy atom. The summed E-state index contributed by atoms with van der Waals surface area (Å²) >= 11 is 0. The Bertz CT molecular complexity index is 965. The zero-order chi connectivity index (χ0) is 18.5. The van der Waals surface area contributed by atoms with Crippen LogP contribution >= 0.6 is 0 Å². The largest absolute Gasteiger partial charge is 0.508 e. The lowest BCUT2D eigenvalue weighted by Crippen LogP contribution is -2.06. The Balaban J connectivity index is 1.92. The maximum absolute atomic E-state index is 9.76. The minimum Gasteiger partial charge on any atom is -0.508 e. The van der Waals surface area contributed by atoms with Crippen LogP contribution in [0.25, 0.3) is 5.57 Å². The first-order valence-corrected chi connectivity index (χ1v) is 9.28. The summed E-state index contributed by atoms with van der Waals surface area (Å²) in [7, 11) is 0. The van der Waals surface area contributed by atoms with Crippen LogP contribution in [0.4, 0.5) is 0 Å². The van der Waals surface area contributed by atoms with Gasteiger partial charge in [0, 0.05) is 5.92 Å². The van der Waals surface area contributed by atoms with Crippen LogP contribution in [-0.2, 0) is 6.42 Å². The number of hydrogen-bond acceptors (Lipinski definition) is 1. The van der Waals surface area contributed by atoms with Gasteiger partial charge in [-0.3, -0.25) is 0 Å². The highest BCUT2D eigenvalue weighted by Gasteiger charge is 2.19. The normalized spacial score (nSPS) is 14.4. The van der Waals surface area contributed by atoms with Crippen molar-refractivity contribution in [2.45, 2.75) is 6.42 Å². The van der Waals surface area contributed by atoms with Crippen molar-refractivity contribution in [1.29, 1.82) is 0 Å². The van der Waals surface area contributed by atoms with Gasteiger partial charge in [-0.1, -0.05) is 97.1 Å². The molecule has 0 bridgehead atoms. The number of rotatable bonds is 5. The highest BCUT2D eigenvalue weighted by Crippen LogP contribution is 2.35. The molecule has 0 fully saturated rings. The van der Waals surface area contributed by atoms with Crippen LogP contribution in [0.3, 0.4) is 0 Å². The minimum atomic E-state index is 0.272. The van der Waals surface area contributed by atoms with Crippen LogP contribution in [0.1, 0.15) is 16.7 Å². The van der Waals surface area contributed by atoms with E-state index in [4.69, 9.17) is 0 Å². The molecule has 3 aromatic rings. The molecular weight excluding hydrogens is 328 g/mol. The summed E-state index contributed by atoms with van der Waals surface area (Å²) in [5.74, 6) is 0.561. The van der Waals surface area contributed by atoms with E-state index in [1.807, 2.05) is 18.2 Å². The third-order valence-corrected chi connectivity index (χ3v) is 4.93. The minimum absolute atomic E-state index is 0.272. The third-order valence-electron chi connectivity index (χ3n) is 4.93. The van der Waals surface area contributed by atoms with Gasteiger partial charge in [0.05, 0.1) is 0 Å². The molecule has 132 valence electrons. The molecular formula is C26H22O. The molecule has 4 rings (SSSR count). The van der Waals surface area contributed by atoms with Gasteiger partial charge in [0.1, 0.15) is 5.75 Å². The first kappa shape index (κ1) is 17.1. The van der Waals surface area contributed by atoms with Gasteiger partial charge in [-0.25, -0.2) is 0 Å². The Labute approximate surface area is 160 Å². The van der Waals surface area contributed by atoms with Gasteiger partial charge in [-0.15, -0.1) is 0 Å². The highest BCUT2D eigenvalue weighted by atomic mass is 16.3. The molecule has 0 spiro atoms. The van der Waals surface area contributed by atoms with Crippen LogP contribution < -0.4 is 0 Å². The van der Waals surface area contributed by atoms with Crippen LogP contribution in [-0.4, -0.2) is 5.11 Å². The van der Waals surface area contributed by atoms with Crippen LogP contribution in [0.5, 0.6) is 5.75 Å². The van der Waals surface area contributed by atoms with E-state index in [1.165, 1.54) is 22.3 Å². The summed E-state index contributed by atoms with van der Waals surface area (Å²) in [5, 5.41) is 9.76. The number of benzene rings is 3. The molecule has 0 amide bonds. The first-order valence-electron chi connectivity index (χ1n) is 9.28. The van der Waals surface area contributed by atoms with Gasteiger partial charge >= 0.3 is 0 Å². The highest BCUT2D eigenvalue weighted by molar-refractivity contribution is 5.83. The standard InChI is InChI=1S/C26H22O/c27-24-17-15-23(16-18-24)26(22-13-5-2-6-14-22)25(21-11-7-8-12-21)19-20-9-3-1-4-10-20/h1-18,21,27H,19H2/b26-25-. The molecule has 0 heterocycles. The topological polar surface area (TPSA) is 20.2 Å². The van der Waals surface area contributed by atoms with E-state index in [1.54, 1.807) is 12.1 Å². The molecule has 3 aromatic carbocycles. The Morgan fingerprint density at radius 3 is 1.85 bits per heavy atom. The van der Waals surface area contributed by atoms with Crippen LogP contribution in [0, 0.1) is 5.92 Å². The predicted molar refractivity (Wildman–Crippen MR) is 112 cm³/mol. The summed E-state index contributed by atoms with van der Waals surface area (Å²) < 4.78 is 0. The Hall–Kier alpha value is -3.32. The fourth-order valence-electron chi connectivity index (χ4n) is 3.62. The number of allylic oxidation sites excluding steroid dienone is 5. The van der Waals surface area contributed by atoms with Crippen molar-refractivity contribution < 1.29 is 5.11 Å². The summed E-state index contributed by atoms with van der Waals surface area (Å²) in [6.07, 6.45) is 9.62. The summed E-state index contributed by atoms with van der Waals surface area (Å²) in [6.45, 7) is 0. The molecule has 0 unspecified atom stereocenters. The van der Waals surface area contributed by atoms with Crippen molar-refractivity contribution in [3.05, 3.63) is 131 Å². The molecule has 0 radical (unpaired) electrons. The van der Waals surface area contributed by atoms with Gasteiger partial charge in [0.15, 0.2) is 0 Å². The molecule has 0 aromatic heterocycles. The first-order chi connectivity index (χ1) is 13.3. The van der Waals surface area contributed by atoms with E-state index in [9.17, 15) is 5.11 Å². The number of phenols is 1. The Morgan fingerprint density at radius 2 is 1.22 bits per heavy atom. The van der Waals surface area contributed by atoms with E-state index in [2.05, 4.69) is 78.9 Å². The molecule has 1 heteroatoms. The molecule has 1 nitrogen and oxygen atoms in total. The second-order valence-corrected chi connectivity index (χ2v) is 6.77. The van der Waals surface area contributed by atoms with E-state index in [0.717, 1.165) is 12.0 Å². The SMILES string of the molecule is Oc1ccc(/C(=C(/Cc2ccccc2)C2C=CC=C2)c2ccccc2)cc1. The summed E-state index contributed by atoms with van der Waals surface area (Å²) in [5.41, 5.74) is 6.22. The van der Waals surface area contributed by atoms with Gasteiger partial charge < -0.3 is 5.11 Å². The van der Waals surface area contributed by atoms with Gasteiger partial charge in [-0.05, 0) is 46.4 Å². The lowest BCUT2D eigenvalue weighted by Gasteiger charge is -2.20. The van der Waals surface area contributed by atoms with Gasteiger partial charge in [0.2, 0.25) is 0 Å². The maximum atomic E-state index is 9.76. The fourth-order valence-corrected chi connectivity index (χ4v) is 3.62. The molecule has 0 saturated carbocycles. The molecule has 1 aliphatic carbocycles. The quantitative estimate of drug-likeness (QED) is 0.582. The maximum Gasteiger partial charge on any atom is 0.115 e. The zero-order valence-corrected chi connectivity index (χ0v) is 15.1. The smallest absolute Gasteiger partial charge is 0.115 e. The second-order valence-electron chi connectivity index (χ2n) is 6.77. The van der Waals surface area contributed by atoms with E-state index in [0.29, 0.717) is 0 Å². The van der Waals surface area contributed by atoms with Gasteiger partial charge in [-0.2, -0.15) is 0 Å². The van der Waals surface area contributed by atoms with E-state index < -0.39 is 0 Å². The molecule has 0 saturated heterocycles. The van der Waals surface area contributed by atoms with Crippen molar-refractivity contribution in [3.8, 4) is 5.75 Å². The van der Waals surface area contributed by atoms with Crippen LogP contribution in [0.15, 0.2) is 115 Å². The summed E-state index contributed by atoms with van der Waals surface area (Å²) in [4.78, 5) is 0. The molecule has 0 aliphatic heterocycles. The predicted octanol–water partition coefficient (Wildman–Crippen LogP) is 6.18. The average molecular weight is 350 g/mol. The van der Waals surface area contributed by atoms with Crippen molar-refractivity contribution in [3.63, 3.8) is 0 Å². The number of hydrogen-bond donors (Lipinski definition) is 1. The lowest BCUT2D eigenvalue weighted by atomic mass is 9.83. The number of phenolic OH excluding ortho intramolecular Hbond substituents is 1. The van der Waals surface area contributed by atoms with Crippen LogP contribution in [0.2, 0.25) is 0 Å². The monoisotopic (exact) mass is 350 g/mol. The van der Waals surface area contributed by atoms with E-state index >= 15 is 0 Å². The zero-order valence-electron chi connectivity index (χ0n) is 15.1. The molecule has 0 atom stereocenters. The lowest BCUT2D eigenvalue weighted by molar-refractivity contribution is 0.475. The van der Waals surface area contributed by atoms with Crippen molar-refractivity contribution >= 4 is 5.57 Å². The van der Waals surface area contributed by atoms with Crippen molar-refractivity contribution in [1.82, 2.24) is 0 Å². The Kier molecular flexibility index (Phi) is 5.02. The average Bonchev–Trinajstić information content (AvgIpc) is 3.25. The summed E-state index contributed by atoms with van der Waals surface area (Å²) in [6, 6.07) is 28.7. The third kappa shape index (κ3) is 3.93. The second kappa shape index (κ2) is 7.92. The molecule has 1 N–H and O–H groups in total. The van der Waals surface area contributed by atoms with E-state index in [-0.39, 0.29) is 11.7 Å². The number of aromatic hydroxyl groups is 1. The van der Waals surface area contributed by atoms with Crippen molar-refractivity contribution in [2.75, 3.05) is 0 Å². The van der Waals surface area contributed by atoms with Gasteiger partial charge in [0.25, 0.3) is 0 Å². The fraction of sp³-hybridized carbons (Fsp3) is 0.0769.